The van der Waals surface area contributed by atoms with Crippen LogP contribution in [0.25, 0.3) is 0 Å². The number of likely N-dealkylation sites (tertiary alicyclic amines) is 1. The zero-order valence-electron chi connectivity index (χ0n) is 15.5. The van der Waals surface area contributed by atoms with Gasteiger partial charge in [0, 0.05) is 29.6 Å². The smallest absolute Gasteiger partial charge is 0.254 e. The molecule has 2 aliphatic heterocycles. The normalized spacial score (nSPS) is 23.6. The standard InChI is InChI=1S/C21H23N3O3/c1-3-6-17-21(15-7-4-5-8-16(15)23-20(21)27)9-10-24(17)19(26)14-11-13(2)22-18(25)12-14/h4-5,7-8,11-12,17H,3,6,9-10H2,1-2H3,(H,22,25)(H,23,27)/t17-,21-/m0/s1. The number of para-hydroxylation sites is 1. The molecule has 2 atom stereocenters. The van der Waals surface area contributed by atoms with Gasteiger partial charge in [-0.25, -0.2) is 0 Å². The predicted octanol–water partition coefficient (Wildman–Crippen LogP) is 2.59. The van der Waals surface area contributed by atoms with Crippen LogP contribution in [0, 0.1) is 6.92 Å². The number of carbonyl (C=O) groups excluding carboxylic acids is 2. The van der Waals surface area contributed by atoms with E-state index in [1.54, 1.807) is 17.9 Å². The molecule has 2 N–H and O–H groups in total. The summed E-state index contributed by atoms with van der Waals surface area (Å²) in [7, 11) is 0. The van der Waals surface area contributed by atoms with Crippen molar-refractivity contribution in [3.63, 3.8) is 0 Å². The van der Waals surface area contributed by atoms with E-state index >= 15 is 0 Å². The number of anilines is 1. The Labute approximate surface area is 157 Å². The van der Waals surface area contributed by atoms with Crippen molar-refractivity contribution < 1.29 is 9.59 Å². The van der Waals surface area contributed by atoms with Crippen LogP contribution in [-0.4, -0.2) is 34.3 Å². The molecule has 1 saturated heterocycles. The number of hydrogen-bond donors (Lipinski definition) is 2. The maximum absolute atomic E-state index is 13.2. The molecule has 0 unspecified atom stereocenters. The average molecular weight is 365 g/mol. The Bertz CT molecular complexity index is 981. The molecule has 0 bridgehead atoms. The number of rotatable bonds is 3. The molecule has 1 aromatic carbocycles. The van der Waals surface area contributed by atoms with Crippen LogP contribution in [0.1, 0.15) is 47.8 Å². The number of nitrogens with zero attached hydrogens (tertiary/aromatic N) is 1. The molecule has 0 aliphatic carbocycles. The zero-order valence-corrected chi connectivity index (χ0v) is 15.5. The molecule has 0 radical (unpaired) electrons. The lowest BCUT2D eigenvalue weighted by atomic mass is 9.73. The van der Waals surface area contributed by atoms with Gasteiger partial charge >= 0.3 is 0 Å². The van der Waals surface area contributed by atoms with Crippen molar-refractivity contribution in [1.82, 2.24) is 9.88 Å². The number of fused-ring (bicyclic) bond motifs is 2. The number of benzene rings is 1. The number of amides is 2. The van der Waals surface area contributed by atoms with Crippen LogP contribution in [-0.2, 0) is 10.2 Å². The molecule has 2 aromatic rings. The minimum Gasteiger partial charge on any atom is -0.334 e. The van der Waals surface area contributed by atoms with Crippen LogP contribution >= 0.6 is 0 Å². The highest BCUT2D eigenvalue weighted by molar-refractivity contribution is 6.08. The number of carbonyl (C=O) groups is 2. The third kappa shape index (κ3) is 2.59. The monoisotopic (exact) mass is 365 g/mol. The van der Waals surface area contributed by atoms with E-state index in [0.717, 1.165) is 24.1 Å². The molecule has 140 valence electrons. The van der Waals surface area contributed by atoms with Crippen molar-refractivity contribution in [3.8, 4) is 0 Å². The topological polar surface area (TPSA) is 82.3 Å². The van der Waals surface area contributed by atoms with E-state index in [9.17, 15) is 14.4 Å². The maximum atomic E-state index is 13.2. The molecule has 4 rings (SSSR count). The Morgan fingerprint density at radius 1 is 1.26 bits per heavy atom. The van der Waals surface area contributed by atoms with Gasteiger partial charge in [-0.05, 0) is 37.5 Å². The van der Waals surface area contributed by atoms with Gasteiger partial charge in [-0.2, -0.15) is 0 Å². The molecule has 3 heterocycles. The molecule has 27 heavy (non-hydrogen) atoms. The van der Waals surface area contributed by atoms with Crippen LogP contribution in [0.3, 0.4) is 0 Å². The minimum atomic E-state index is -0.710. The van der Waals surface area contributed by atoms with Gasteiger partial charge in [0.15, 0.2) is 0 Å². The van der Waals surface area contributed by atoms with E-state index in [2.05, 4.69) is 17.2 Å². The van der Waals surface area contributed by atoms with Crippen molar-refractivity contribution in [1.29, 1.82) is 0 Å². The highest BCUT2D eigenvalue weighted by atomic mass is 16.2. The number of aryl methyl sites for hydroxylation is 1. The summed E-state index contributed by atoms with van der Waals surface area (Å²) in [6, 6.07) is 10.6. The third-order valence-corrected chi connectivity index (χ3v) is 5.80. The van der Waals surface area contributed by atoms with Gasteiger partial charge in [-0.15, -0.1) is 0 Å². The molecular weight excluding hydrogens is 342 g/mol. The van der Waals surface area contributed by atoms with Crippen molar-refractivity contribution in [2.75, 3.05) is 11.9 Å². The van der Waals surface area contributed by atoms with Crippen LogP contribution in [0.15, 0.2) is 41.2 Å². The summed E-state index contributed by atoms with van der Waals surface area (Å²) in [5.74, 6) is -0.212. The molecule has 1 spiro atoms. The van der Waals surface area contributed by atoms with Crippen LogP contribution in [0.2, 0.25) is 0 Å². The molecular formula is C21H23N3O3. The van der Waals surface area contributed by atoms with E-state index < -0.39 is 5.41 Å². The molecule has 2 amide bonds. The first-order valence-corrected chi connectivity index (χ1v) is 9.40. The Balaban J connectivity index is 1.77. The van der Waals surface area contributed by atoms with Crippen molar-refractivity contribution in [2.45, 2.75) is 44.6 Å². The number of aromatic amines is 1. The Hall–Kier alpha value is -2.89. The highest BCUT2D eigenvalue weighted by Gasteiger charge is 2.58. The lowest BCUT2D eigenvalue weighted by Gasteiger charge is -2.34. The Kier molecular flexibility index (Phi) is 4.13. The quantitative estimate of drug-likeness (QED) is 0.877. The average Bonchev–Trinajstić information content (AvgIpc) is 3.14. The summed E-state index contributed by atoms with van der Waals surface area (Å²) in [5.41, 5.74) is 1.84. The second kappa shape index (κ2) is 6.37. The number of H-pyrrole nitrogens is 1. The maximum Gasteiger partial charge on any atom is 0.254 e. The Morgan fingerprint density at radius 2 is 2.04 bits per heavy atom. The number of pyridine rings is 1. The Morgan fingerprint density at radius 3 is 2.78 bits per heavy atom. The van der Waals surface area contributed by atoms with Crippen molar-refractivity contribution in [3.05, 3.63) is 63.6 Å². The second-order valence-corrected chi connectivity index (χ2v) is 7.44. The van der Waals surface area contributed by atoms with Gasteiger partial charge in [0.25, 0.3) is 5.91 Å². The van der Waals surface area contributed by atoms with Crippen LogP contribution in [0.4, 0.5) is 5.69 Å². The number of nitrogens with one attached hydrogen (secondary N) is 2. The third-order valence-electron chi connectivity index (χ3n) is 5.80. The van der Waals surface area contributed by atoms with Gasteiger partial charge in [0.05, 0.1) is 11.5 Å². The SMILES string of the molecule is CCC[C@@H]1N(C(=O)c2cc(C)[nH]c(=O)c2)CC[C@@]12C(=O)Nc1ccccc12. The summed E-state index contributed by atoms with van der Waals surface area (Å²) in [5, 5.41) is 3.00. The summed E-state index contributed by atoms with van der Waals surface area (Å²) < 4.78 is 0. The number of aromatic nitrogens is 1. The molecule has 6 nitrogen and oxygen atoms in total. The summed E-state index contributed by atoms with van der Waals surface area (Å²) in [6.45, 7) is 4.32. The highest BCUT2D eigenvalue weighted by Crippen LogP contribution is 2.49. The lowest BCUT2D eigenvalue weighted by Crippen LogP contribution is -2.48. The van der Waals surface area contributed by atoms with Gasteiger partial charge < -0.3 is 15.2 Å². The molecule has 1 aromatic heterocycles. The van der Waals surface area contributed by atoms with Gasteiger partial charge in [0.1, 0.15) is 0 Å². The van der Waals surface area contributed by atoms with Gasteiger partial charge in [-0.1, -0.05) is 31.5 Å². The predicted molar refractivity (Wildman–Crippen MR) is 103 cm³/mol. The molecule has 1 fully saturated rings. The van der Waals surface area contributed by atoms with E-state index in [1.807, 2.05) is 24.3 Å². The van der Waals surface area contributed by atoms with E-state index in [0.29, 0.717) is 24.2 Å². The lowest BCUT2D eigenvalue weighted by molar-refractivity contribution is -0.121. The first-order chi connectivity index (χ1) is 13.0. The second-order valence-electron chi connectivity index (χ2n) is 7.44. The molecule has 2 aliphatic rings. The minimum absolute atomic E-state index is 0.0282. The zero-order chi connectivity index (χ0) is 19.2. The van der Waals surface area contributed by atoms with Gasteiger partial charge in [0.2, 0.25) is 11.5 Å². The first-order valence-electron chi connectivity index (χ1n) is 9.40. The van der Waals surface area contributed by atoms with E-state index in [-0.39, 0.29) is 23.4 Å². The van der Waals surface area contributed by atoms with Crippen LogP contribution in [0.5, 0.6) is 0 Å². The fraction of sp³-hybridized carbons (Fsp3) is 0.381. The van der Waals surface area contributed by atoms with E-state index in [1.165, 1.54) is 6.07 Å². The summed E-state index contributed by atoms with van der Waals surface area (Å²) in [4.78, 5) is 42.6. The molecule has 6 heteroatoms. The van der Waals surface area contributed by atoms with E-state index in [4.69, 9.17) is 0 Å². The van der Waals surface area contributed by atoms with Crippen molar-refractivity contribution in [2.24, 2.45) is 0 Å². The number of hydrogen-bond acceptors (Lipinski definition) is 3. The fourth-order valence-corrected chi connectivity index (χ4v) is 4.69. The van der Waals surface area contributed by atoms with Gasteiger partial charge in [-0.3, -0.25) is 14.4 Å². The van der Waals surface area contributed by atoms with Crippen molar-refractivity contribution >= 4 is 17.5 Å². The molecule has 0 saturated carbocycles. The summed E-state index contributed by atoms with van der Waals surface area (Å²) >= 11 is 0. The largest absolute Gasteiger partial charge is 0.334 e. The fourth-order valence-electron chi connectivity index (χ4n) is 4.69. The summed E-state index contributed by atoms with van der Waals surface area (Å²) in [6.07, 6.45) is 2.18. The first kappa shape index (κ1) is 17.5. The van der Waals surface area contributed by atoms with Crippen LogP contribution < -0.4 is 10.9 Å².